The Bertz CT molecular complexity index is 971. The summed E-state index contributed by atoms with van der Waals surface area (Å²) in [4.78, 5) is 13.8. The van der Waals surface area contributed by atoms with Gasteiger partial charge in [0.2, 0.25) is 0 Å². The highest BCUT2D eigenvalue weighted by molar-refractivity contribution is 6.33. The van der Waals surface area contributed by atoms with Gasteiger partial charge in [0.05, 0.1) is 29.9 Å². The molecule has 3 aromatic rings. The van der Waals surface area contributed by atoms with E-state index in [4.69, 9.17) is 21.1 Å². The zero-order valence-corrected chi connectivity index (χ0v) is 15.5. The number of methoxy groups -OCH3 is 1. The first kappa shape index (κ1) is 17.4. The summed E-state index contributed by atoms with van der Waals surface area (Å²) in [5.41, 5.74) is 3.43. The highest BCUT2D eigenvalue weighted by atomic mass is 35.5. The SMILES string of the molecule is COC(=O)c1ccc(C2Oc3ccccc3CN2c2ccccc2Cl)cc1. The van der Waals surface area contributed by atoms with E-state index in [0.29, 0.717) is 17.1 Å². The molecule has 0 amide bonds. The van der Waals surface area contributed by atoms with E-state index in [2.05, 4.69) is 11.0 Å². The molecule has 0 aliphatic carbocycles. The van der Waals surface area contributed by atoms with Crippen molar-refractivity contribution in [1.82, 2.24) is 0 Å². The van der Waals surface area contributed by atoms with Crippen molar-refractivity contribution in [2.45, 2.75) is 12.8 Å². The molecule has 1 atom stereocenters. The topological polar surface area (TPSA) is 38.8 Å². The molecular weight excluding hydrogens is 362 g/mol. The fraction of sp³-hybridized carbons (Fsp3) is 0.136. The molecule has 136 valence electrons. The van der Waals surface area contributed by atoms with Crippen LogP contribution in [0.25, 0.3) is 0 Å². The van der Waals surface area contributed by atoms with E-state index >= 15 is 0 Å². The monoisotopic (exact) mass is 379 g/mol. The number of hydrogen-bond acceptors (Lipinski definition) is 4. The molecule has 1 aliphatic rings. The number of para-hydroxylation sites is 2. The Balaban J connectivity index is 1.76. The number of rotatable bonds is 3. The van der Waals surface area contributed by atoms with Gasteiger partial charge in [-0.2, -0.15) is 0 Å². The molecule has 1 heterocycles. The molecule has 5 heteroatoms. The van der Waals surface area contributed by atoms with E-state index in [0.717, 1.165) is 22.6 Å². The summed E-state index contributed by atoms with van der Waals surface area (Å²) in [6.07, 6.45) is -0.355. The van der Waals surface area contributed by atoms with Crippen LogP contribution >= 0.6 is 11.6 Å². The van der Waals surface area contributed by atoms with Gasteiger partial charge in [-0.1, -0.05) is 54.1 Å². The van der Waals surface area contributed by atoms with Crippen molar-refractivity contribution < 1.29 is 14.3 Å². The molecular formula is C22H18ClNO3. The van der Waals surface area contributed by atoms with Gasteiger partial charge in [-0.15, -0.1) is 0 Å². The van der Waals surface area contributed by atoms with Crippen LogP contribution in [0.4, 0.5) is 5.69 Å². The molecule has 0 aromatic heterocycles. The first-order valence-corrected chi connectivity index (χ1v) is 8.99. The molecule has 0 bridgehead atoms. The number of benzene rings is 3. The Morgan fingerprint density at radius 2 is 1.74 bits per heavy atom. The predicted molar refractivity (Wildman–Crippen MR) is 105 cm³/mol. The maximum atomic E-state index is 11.7. The summed E-state index contributed by atoms with van der Waals surface area (Å²) in [5.74, 6) is 0.488. The molecule has 0 saturated carbocycles. The third kappa shape index (κ3) is 3.36. The zero-order valence-electron chi connectivity index (χ0n) is 14.8. The molecule has 3 aromatic carbocycles. The summed E-state index contributed by atoms with van der Waals surface area (Å²) in [6, 6.07) is 23.0. The molecule has 4 nitrogen and oxygen atoms in total. The van der Waals surface area contributed by atoms with Gasteiger partial charge in [0.15, 0.2) is 6.23 Å². The van der Waals surface area contributed by atoms with Crippen LogP contribution in [0, 0.1) is 0 Å². The quantitative estimate of drug-likeness (QED) is 0.584. The van der Waals surface area contributed by atoms with Crippen molar-refractivity contribution in [3.63, 3.8) is 0 Å². The third-order valence-electron chi connectivity index (χ3n) is 4.61. The standard InChI is InChI=1S/C22H18ClNO3/c1-26-22(25)16-12-10-15(11-13-16)21-24(19-8-4-3-7-18(19)23)14-17-6-2-5-9-20(17)27-21/h2-13,21H,14H2,1H3. The number of fused-ring (bicyclic) bond motifs is 1. The second kappa shape index (κ2) is 7.33. The van der Waals surface area contributed by atoms with Gasteiger partial charge in [-0.3, -0.25) is 0 Å². The number of halogens is 1. The molecule has 0 radical (unpaired) electrons. The summed E-state index contributed by atoms with van der Waals surface area (Å²) in [6.45, 7) is 0.670. The molecule has 27 heavy (non-hydrogen) atoms. The average molecular weight is 380 g/mol. The van der Waals surface area contributed by atoms with E-state index < -0.39 is 0 Å². The van der Waals surface area contributed by atoms with Crippen LogP contribution in [0.1, 0.15) is 27.7 Å². The normalized spacial score (nSPS) is 15.6. The van der Waals surface area contributed by atoms with E-state index in [1.807, 2.05) is 54.6 Å². The van der Waals surface area contributed by atoms with Crippen LogP contribution in [-0.4, -0.2) is 13.1 Å². The Hall–Kier alpha value is -2.98. The molecule has 1 aliphatic heterocycles. The van der Waals surface area contributed by atoms with Crippen molar-refractivity contribution in [3.8, 4) is 5.75 Å². The molecule has 0 N–H and O–H groups in total. The molecule has 0 saturated heterocycles. The molecule has 4 rings (SSSR count). The average Bonchev–Trinajstić information content (AvgIpc) is 2.73. The fourth-order valence-corrected chi connectivity index (χ4v) is 3.49. The smallest absolute Gasteiger partial charge is 0.337 e. The van der Waals surface area contributed by atoms with Crippen LogP contribution in [0.3, 0.4) is 0 Å². The van der Waals surface area contributed by atoms with Crippen molar-refractivity contribution in [2.24, 2.45) is 0 Å². The minimum absolute atomic E-state index is 0.355. The Morgan fingerprint density at radius 3 is 2.48 bits per heavy atom. The number of esters is 1. The summed E-state index contributed by atoms with van der Waals surface area (Å²) in [7, 11) is 1.37. The lowest BCUT2D eigenvalue weighted by atomic mass is 10.1. The minimum Gasteiger partial charge on any atom is -0.466 e. The van der Waals surface area contributed by atoms with Crippen molar-refractivity contribution >= 4 is 23.3 Å². The van der Waals surface area contributed by atoms with Gasteiger partial charge in [0.1, 0.15) is 5.75 Å². The fourth-order valence-electron chi connectivity index (χ4n) is 3.25. The van der Waals surface area contributed by atoms with E-state index in [-0.39, 0.29) is 12.2 Å². The van der Waals surface area contributed by atoms with Gasteiger partial charge in [-0.05, 0) is 30.3 Å². The van der Waals surface area contributed by atoms with Gasteiger partial charge in [0.25, 0.3) is 0 Å². The predicted octanol–water partition coefficient (Wildman–Crippen LogP) is 5.22. The summed E-state index contributed by atoms with van der Waals surface area (Å²) in [5, 5.41) is 0.664. The lowest BCUT2D eigenvalue weighted by Gasteiger charge is -2.39. The van der Waals surface area contributed by atoms with Crippen molar-refractivity contribution in [3.05, 3.63) is 94.5 Å². The number of ether oxygens (including phenoxy) is 2. The second-order valence-corrected chi connectivity index (χ2v) is 6.68. The largest absolute Gasteiger partial charge is 0.466 e. The Morgan fingerprint density at radius 1 is 1.04 bits per heavy atom. The first-order valence-electron chi connectivity index (χ1n) is 8.61. The summed E-state index contributed by atoms with van der Waals surface area (Å²) >= 11 is 6.46. The molecule has 1 unspecified atom stereocenters. The highest BCUT2D eigenvalue weighted by Gasteiger charge is 2.30. The molecule has 0 fully saturated rings. The lowest BCUT2D eigenvalue weighted by Crippen LogP contribution is -2.36. The summed E-state index contributed by atoms with van der Waals surface area (Å²) < 4.78 is 11.1. The zero-order chi connectivity index (χ0) is 18.8. The van der Waals surface area contributed by atoms with Crippen LogP contribution in [-0.2, 0) is 11.3 Å². The Labute approximate surface area is 162 Å². The van der Waals surface area contributed by atoms with Gasteiger partial charge in [0, 0.05) is 11.1 Å². The van der Waals surface area contributed by atoms with Crippen LogP contribution < -0.4 is 9.64 Å². The number of anilines is 1. The second-order valence-electron chi connectivity index (χ2n) is 6.27. The number of hydrogen-bond donors (Lipinski definition) is 0. The Kier molecular flexibility index (Phi) is 4.73. The maximum Gasteiger partial charge on any atom is 0.337 e. The van der Waals surface area contributed by atoms with Gasteiger partial charge >= 0.3 is 5.97 Å². The van der Waals surface area contributed by atoms with Crippen LogP contribution in [0.2, 0.25) is 5.02 Å². The number of nitrogens with zero attached hydrogens (tertiary/aromatic N) is 1. The van der Waals surface area contributed by atoms with Crippen molar-refractivity contribution in [1.29, 1.82) is 0 Å². The maximum absolute atomic E-state index is 11.7. The van der Waals surface area contributed by atoms with Gasteiger partial charge in [-0.25, -0.2) is 4.79 Å². The third-order valence-corrected chi connectivity index (χ3v) is 4.93. The highest BCUT2D eigenvalue weighted by Crippen LogP contribution is 2.40. The molecule has 0 spiro atoms. The first-order chi connectivity index (χ1) is 13.2. The minimum atomic E-state index is -0.362. The van der Waals surface area contributed by atoms with E-state index in [9.17, 15) is 4.79 Å². The van der Waals surface area contributed by atoms with Crippen molar-refractivity contribution in [2.75, 3.05) is 12.0 Å². The number of carbonyl (C=O) groups is 1. The van der Waals surface area contributed by atoms with E-state index in [1.165, 1.54) is 7.11 Å². The van der Waals surface area contributed by atoms with Gasteiger partial charge < -0.3 is 14.4 Å². The van der Waals surface area contributed by atoms with E-state index in [1.54, 1.807) is 12.1 Å². The van der Waals surface area contributed by atoms with Crippen LogP contribution in [0.15, 0.2) is 72.8 Å². The van der Waals surface area contributed by atoms with Crippen LogP contribution in [0.5, 0.6) is 5.75 Å². The lowest BCUT2D eigenvalue weighted by molar-refractivity contribution is 0.0600. The number of carbonyl (C=O) groups excluding carboxylic acids is 1.